The summed E-state index contributed by atoms with van der Waals surface area (Å²) in [6, 6.07) is 24.9. The fourth-order valence-electron chi connectivity index (χ4n) is 3.44. The van der Waals surface area contributed by atoms with Gasteiger partial charge >= 0.3 is 0 Å². The summed E-state index contributed by atoms with van der Waals surface area (Å²) >= 11 is 13.9. The van der Waals surface area contributed by atoms with Crippen LogP contribution >= 0.6 is 34.5 Å². The van der Waals surface area contributed by atoms with Crippen LogP contribution in [0.25, 0.3) is 38.2 Å². The highest BCUT2D eigenvalue weighted by atomic mass is 35.5. The first kappa shape index (κ1) is 22.4. The Kier molecular flexibility index (Phi) is 6.50. The van der Waals surface area contributed by atoms with Gasteiger partial charge in [-0.2, -0.15) is 0 Å². The van der Waals surface area contributed by atoms with Gasteiger partial charge in [-0.15, -0.1) is 11.3 Å². The predicted molar refractivity (Wildman–Crippen MR) is 140 cm³/mol. The highest BCUT2D eigenvalue weighted by Crippen LogP contribution is 2.32. The molecule has 0 fully saturated rings. The fraction of sp³-hybridized carbons (Fsp3) is 0.0370. The molecule has 0 saturated carbocycles. The van der Waals surface area contributed by atoms with E-state index in [1.165, 1.54) is 10.8 Å². The van der Waals surface area contributed by atoms with Gasteiger partial charge in [-0.1, -0.05) is 59.6 Å². The molecule has 3 aromatic carbocycles. The minimum Gasteiger partial charge on any atom is -0.457 e. The summed E-state index contributed by atoms with van der Waals surface area (Å²) in [5, 5.41) is 4.98. The summed E-state index contributed by atoms with van der Waals surface area (Å²) in [6.07, 6.45) is 3.06. The second-order valence-corrected chi connectivity index (χ2v) is 9.44. The second-order valence-electron chi connectivity index (χ2n) is 7.56. The van der Waals surface area contributed by atoms with Gasteiger partial charge in [-0.05, 0) is 54.1 Å². The highest BCUT2D eigenvalue weighted by Gasteiger charge is 2.09. The van der Waals surface area contributed by atoms with Crippen LogP contribution in [0.15, 0.2) is 89.4 Å². The largest absolute Gasteiger partial charge is 0.457 e. The van der Waals surface area contributed by atoms with E-state index in [4.69, 9.17) is 27.6 Å². The third-order valence-corrected chi connectivity index (χ3v) is 6.83. The van der Waals surface area contributed by atoms with Crippen LogP contribution in [-0.4, -0.2) is 10.9 Å². The van der Waals surface area contributed by atoms with E-state index in [2.05, 4.69) is 16.4 Å². The number of hydrogen-bond donors (Lipinski definition) is 1. The van der Waals surface area contributed by atoms with Crippen LogP contribution in [-0.2, 0) is 11.3 Å². The molecule has 0 aliphatic carbocycles. The number of thiazole rings is 1. The molecule has 7 heteroatoms. The summed E-state index contributed by atoms with van der Waals surface area (Å²) in [6.45, 7) is 0.421. The van der Waals surface area contributed by atoms with Crippen molar-refractivity contribution in [2.75, 3.05) is 0 Å². The van der Waals surface area contributed by atoms with Crippen LogP contribution in [0.5, 0.6) is 0 Å². The molecule has 1 N–H and O–H groups in total. The Labute approximate surface area is 210 Å². The molecule has 4 nitrogen and oxygen atoms in total. The Morgan fingerprint density at radius 1 is 1.00 bits per heavy atom. The zero-order valence-electron chi connectivity index (χ0n) is 17.8. The topological polar surface area (TPSA) is 55.1 Å². The van der Waals surface area contributed by atoms with Gasteiger partial charge in [-0.3, -0.25) is 4.79 Å². The van der Waals surface area contributed by atoms with Crippen LogP contribution in [0.2, 0.25) is 10.0 Å². The number of benzene rings is 3. The monoisotopic (exact) mass is 504 g/mol. The van der Waals surface area contributed by atoms with E-state index in [1.54, 1.807) is 47.7 Å². The van der Waals surface area contributed by atoms with Crippen molar-refractivity contribution in [3.63, 3.8) is 0 Å². The van der Waals surface area contributed by atoms with Crippen molar-refractivity contribution in [2.24, 2.45) is 0 Å². The average molecular weight is 505 g/mol. The maximum Gasteiger partial charge on any atom is 0.244 e. The lowest BCUT2D eigenvalue weighted by atomic mass is 10.1. The first-order valence-corrected chi connectivity index (χ1v) is 12.1. The molecule has 34 heavy (non-hydrogen) atoms. The minimum atomic E-state index is -0.214. The zero-order valence-corrected chi connectivity index (χ0v) is 20.1. The standard InChI is InChI=1S/C27H18Cl2N2O2S/c28-19-9-12-22(29)21(15-19)24-13-10-20(33-24)11-14-26(32)30-16-17-5-7-18(8-6-17)27-31-23-3-1-2-4-25(23)34-27/h1-15H,16H2,(H,30,32)/b14-11+. The van der Waals surface area contributed by atoms with E-state index in [9.17, 15) is 4.79 Å². The Morgan fingerprint density at radius 3 is 2.65 bits per heavy atom. The number of rotatable bonds is 6. The summed E-state index contributed by atoms with van der Waals surface area (Å²) in [7, 11) is 0. The molecule has 0 spiro atoms. The average Bonchev–Trinajstić information content (AvgIpc) is 3.50. The molecule has 0 aliphatic heterocycles. The van der Waals surface area contributed by atoms with Crippen LogP contribution in [0.3, 0.4) is 0 Å². The van der Waals surface area contributed by atoms with E-state index in [0.29, 0.717) is 33.7 Å². The molecular weight excluding hydrogens is 487 g/mol. The van der Waals surface area contributed by atoms with E-state index < -0.39 is 0 Å². The molecule has 5 aromatic rings. The van der Waals surface area contributed by atoms with Crippen molar-refractivity contribution in [3.05, 3.63) is 106 Å². The van der Waals surface area contributed by atoms with Gasteiger partial charge in [0, 0.05) is 28.8 Å². The SMILES string of the molecule is O=C(/C=C/c1ccc(-c2cc(Cl)ccc2Cl)o1)NCc1ccc(-c2nc3ccccc3s2)cc1. The van der Waals surface area contributed by atoms with Gasteiger partial charge in [0.25, 0.3) is 0 Å². The molecule has 2 heterocycles. The van der Waals surface area contributed by atoms with Crippen molar-refractivity contribution >= 4 is 56.7 Å². The predicted octanol–water partition coefficient (Wildman–Crippen LogP) is 7.86. The Morgan fingerprint density at radius 2 is 1.82 bits per heavy atom. The summed E-state index contributed by atoms with van der Waals surface area (Å²) in [5.74, 6) is 0.913. The van der Waals surface area contributed by atoms with Gasteiger partial charge in [0.2, 0.25) is 5.91 Å². The number of para-hydroxylation sites is 1. The minimum absolute atomic E-state index is 0.214. The van der Waals surface area contributed by atoms with Crippen LogP contribution in [0.4, 0.5) is 0 Å². The van der Waals surface area contributed by atoms with E-state index in [-0.39, 0.29) is 5.91 Å². The quantitative estimate of drug-likeness (QED) is 0.239. The van der Waals surface area contributed by atoms with Crippen molar-refractivity contribution in [2.45, 2.75) is 6.54 Å². The molecule has 0 radical (unpaired) electrons. The Hall–Kier alpha value is -3.38. The van der Waals surface area contributed by atoms with Gasteiger partial charge in [-0.25, -0.2) is 4.98 Å². The number of nitrogens with zero attached hydrogens (tertiary/aromatic N) is 1. The normalized spacial score (nSPS) is 11.4. The Balaban J connectivity index is 1.19. The third-order valence-electron chi connectivity index (χ3n) is 5.18. The molecule has 0 bridgehead atoms. The zero-order chi connectivity index (χ0) is 23.5. The van der Waals surface area contributed by atoms with Gasteiger partial charge in [0.15, 0.2) is 0 Å². The Bertz CT molecular complexity index is 1470. The molecule has 0 saturated heterocycles. The number of aromatic nitrogens is 1. The van der Waals surface area contributed by atoms with Gasteiger partial charge in [0.05, 0.1) is 15.2 Å². The number of furan rings is 1. The number of halogens is 2. The number of hydrogen-bond acceptors (Lipinski definition) is 4. The number of nitrogens with one attached hydrogen (secondary N) is 1. The lowest BCUT2D eigenvalue weighted by Crippen LogP contribution is -2.20. The first-order chi connectivity index (χ1) is 16.5. The molecule has 168 valence electrons. The lowest BCUT2D eigenvalue weighted by molar-refractivity contribution is -0.116. The molecular formula is C27H18Cl2N2O2S. The van der Waals surface area contributed by atoms with Crippen molar-refractivity contribution in [1.29, 1.82) is 0 Å². The van der Waals surface area contributed by atoms with Crippen LogP contribution in [0, 0.1) is 0 Å². The van der Waals surface area contributed by atoms with Gasteiger partial charge in [0.1, 0.15) is 16.5 Å². The van der Waals surface area contributed by atoms with E-state index in [1.807, 2.05) is 42.5 Å². The highest BCUT2D eigenvalue weighted by molar-refractivity contribution is 7.21. The third kappa shape index (κ3) is 5.07. The van der Waals surface area contributed by atoms with Crippen LogP contribution < -0.4 is 5.32 Å². The summed E-state index contributed by atoms with van der Waals surface area (Å²) in [5.41, 5.74) is 3.77. The van der Waals surface area contributed by atoms with Crippen LogP contribution in [0.1, 0.15) is 11.3 Å². The van der Waals surface area contributed by atoms with Crippen molar-refractivity contribution < 1.29 is 9.21 Å². The molecule has 0 atom stereocenters. The van der Waals surface area contributed by atoms with E-state index >= 15 is 0 Å². The van der Waals surface area contributed by atoms with Crippen molar-refractivity contribution in [3.8, 4) is 21.9 Å². The lowest BCUT2D eigenvalue weighted by Gasteiger charge is -2.04. The molecule has 0 aliphatic rings. The number of amides is 1. The van der Waals surface area contributed by atoms with Gasteiger partial charge < -0.3 is 9.73 Å². The maximum absolute atomic E-state index is 12.3. The molecule has 1 amide bonds. The fourth-order valence-corrected chi connectivity index (χ4v) is 4.79. The smallest absolute Gasteiger partial charge is 0.244 e. The molecule has 5 rings (SSSR count). The molecule has 0 unspecified atom stereocenters. The van der Waals surface area contributed by atoms with E-state index in [0.717, 1.165) is 21.7 Å². The summed E-state index contributed by atoms with van der Waals surface area (Å²) < 4.78 is 6.95. The number of carbonyl (C=O) groups excluding carboxylic acids is 1. The number of fused-ring (bicyclic) bond motifs is 1. The number of carbonyl (C=O) groups is 1. The summed E-state index contributed by atoms with van der Waals surface area (Å²) in [4.78, 5) is 17.0. The molecule has 2 aromatic heterocycles. The first-order valence-electron chi connectivity index (χ1n) is 10.5. The second kappa shape index (κ2) is 9.85. The van der Waals surface area contributed by atoms with Crippen molar-refractivity contribution in [1.82, 2.24) is 10.3 Å². The maximum atomic E-state index is 12.3.